The van der Waals surface area contributed by atoms with E-state index in [0.717, 1.165) is 11.1 Å². The van der Waals surface area contributed by atoms with E-state index in [4.69, 9.17) is 26.3 Å². The number of hydrogen-bond donors (Lipinski definition) is 2. The van der Waals surface area contributed by atoms with Gasteiger partial charge in [-0.25, -0.2) is 10.3 Å². The highest BCUT2D eigenvalue weighted by atomic mass is 35.5. The minimum atomic E-state index is -0.569. The van der Waals surface area contributed by atoms with Crippen LogP contribution in [0.4, 0.5) is 4.79 Å². The monoisotopic (exact) mass is 559 g/mol. The number of halogens is 1. The highest BCUT2D eigenvalue weighted by Crippen LogP contribution is 2.30. The minimum Gasteiger partial charge on any atom is -0.444 e. The van der Waals surface area contributed by atoms with Gasteiger partial charge in [-0.1, -0.05) is 35.9 Å². The van der Waals surface area contributed by atoms with Crippen molar-refractivity contribution in [3.63, 3.8) is 0 Å². The van der Waals surface area contributed by atoms with Gasteiger partial charge in [-0.2, -0.15) is 0 Å². The number of amides is 3. The van der Waals surface area contributed by atoms with Crippen molar-refractivity contribution >= 4 is 29.5 Å². The third kappa shape index (κ3) is 8.95. The molecule has 1 fully saturated rings. The summed E-state index contributed by atoms with van der Waals surface area (Å²) in [4.78, 5) is 40.9. The maximum absolute atomic E-state index is 13.2. The van der Waals surface area contributed by atoms with Gasteiger partial charge in [0, 0.05) is 49.3 Å². The molecule has 3 rings (SSSR count). The summed E-state index contributed by atoms with van der Waals surface area (Å²) in [7, 11) is 0. The molecule has 0 radical (unpaired) electrons. The third-order valence-electron chi connectivity index (χ3n) is 6.51. The molecule has 0 aromatic heterocycles. The SMILES string of the molecule is CCO[C@H](CC(=O)NO)[C@H](Cc1ccc(Cl)cc1)c1ccc(C(=O)N2CCN(C(=O)OC(C)(C)C)CC2)cc1. The predicted molar refractivity (Wildman–Crippen MR) is 148 cm³/mol. The molecule has 1 aliphatic heterocycles. The first-order chi connectivity index (χ1) is 18.5. The van der Waals surface area contributed by atoms with E-state index >= 15 is 0 Å². The Morgan fingerprint density at radius 2 is 1.56 bits per heavy atom. The standard InChI is InChI=1S/C29H38ClN3O6/c1-5-38-25(19-26(34)31-37)24(18-20-6-12-23(30)13-7-20)21-8-10-22(11-9-21)27(35)32-14-16-33(17-15-32)28(36)39-29(2,3)4/h6-13,24-25,37H,5,14-19H2,1-4H3,(H,31,34)/t24-,25-/m1/s1. The van der Waals surface area contributed by atoms with Crippen LogP contribution in [0.1, 0.15) is 61.5 Å². The van der Waals surface area contributed by atoms with E-state index in [0.29, 0.717) is 49.8 Å². The molecule has 212 valence electrons. The Kier molecular flexibility index (Phi) is 10.7. The smallest absolute Gasteiger partial charge is 0.410 e. The molecule has 2 aromatic carbocycles. The number of carbonyl (C=O) groups is 3. The van der Waals surface area contributed by atoms with Gasteiger partial charge in [0.25, 0.3) is 5.91 Å². The lowest BCUT2D eigenvalue weighted by atomic mass is 9.85. The molecule has 0 bridgehead atoms. The van der Waals surface area contributed by atoms with Gasteiger partial charge in [0.15, 0.2) is 0 Å². The van der Waals surface area contributed by atoms with Crippen molar-refractivity contribution in [2.24, 2.45) is 0 Å². The van der Waals surface area contributed by atoms with E-state index in [2.05, 4.69) is 0 Å². The lowest BCUT2D eigenvalue weighted by molar-refractivity contribution is -0.132. The van der Waals surface area contributed by atoms with Gasteiger partial charge < -0.3 is 19.3 Å². The summed E-state index contributed by atoms with van der Waals surface area (Å²) in [6.45, 7) is 9.38. The topological polar surface area (TPSA) is 108 Å². The van der Waals surface area contributed by atoms with Gasteiger partial charge in [-0.15, -0.1) is 0 Å². The zero-order valence-corrected chi connectivity index (χ0v) is 23.7. The van der Waals surface area contributed by atoms with Crippen molar-refractivity contribution in [3.8, 4) is 0 Å². The molecule has 39 heavy (non-hydrogen) atoms. The van der Waals surface area contributed by atoms with Crippen molar-refractivity contribution in [1.82, 2.24) is 15.3 Å². The fourth-order valence-corrected chi connectivity index (χ4v) is 4.70. The zero-order chi connectivity index (χ0) is 28.6. The molecule has 1 aliphatic rings. The number of benzene rings is 2. The molecule has 2 atom stereocenters. The average molecular weight is 560 g/mol. The van der Waals surface area contributed by atoms with Gasteiger partial charge in [0.2, 0.25) is 5.91 Å². The Hall–Kier alpha value is -3.14. The molecule has 1 saturated heterocycles. The second kappa shape index (κ2) is 13.8. The first-order valence-corrected chi connectivity index (χ1v) is 13.5. The fraction of sp³-hybridized carbons (Fsp3) is 0.483. The molecule has 2 aromatic rings. The largest absolute Gasteiger partial charge is 0.444 e. The van der Waals surface area contributed by atoms with Crippen LogP contribution in [0.3, 0.4) is 0 Å². The van der Waals surface area contributed by atoms with E-state index < -0.39 is 17.6 Å². The summed E-state index contributed by atoms with van der Waals surface area (Å²) in [5.41, 5.74) is 3.58. The Morgan fingerprint density at radius 1 is 0.974 bits per heavy atom. The minimum absolute atomic E-state index is 0.0226. The van der Waals surface area contributed by atoms with Crippen molar-refractivity contribution in [1.29, 1.82) is 0 Å². The normalized spacial score (nSPS) is 15.4. The highest BCUT2D eigenvalue weighted by molar-refractivity contribution is 6.30. The quantitative estimate of drug-likeness (QED) is 0.342. The van der Waals surface area contributed by atoms with Crippen LogP contribution in [-0.4, -0.2) is 77.4 Å². The Morgan fingerprint density at radius 3 is 2.10 bits per heavy atom. The van der Waals surface area contributed by atoms with Gasteiger partial charge in [-0.3, -0.25) is 14.8 Å². The molecule has 2 N–H and O–H groups in total. The zero-order valence-electron chi connectivity index (χ0n) is 23.0. The van der Waals surface area contributed by atoms with Crippen LogP contribution in [0.2, 0.25) is 5.02 Å². The van der Waals surface area contributed by atoms with E-state index in [-0.39, 0.29) is 24.3 Å². The molecule has 0 unspecified atom stereocenters. The summed E-state index contributed by atoms with van der Waals surface area (Å²) in [6.07, 6.45) is -0.323. The average Bonchev–Trinajstić information content (AvgIpc) is 2.91. The molecular formula is C29H38ClN3O6. The van der Waals surface area contributed by atoms with E-state index in [9.17, 15) is 14.4 Å². The number of piperazine rings is 1. The van der Waals surface area contributed by atoms with Crippen molar-refractivity contribution in [2.75, 3.05) is 32.8 Å². The van der Waals surface area contributed by atoms with Crippen LogP contribution in [0.15, 0.2) is 48.5 Å². The van der Waals surface area contributed by atoms with E-state index in [1.807, 2.05) is 64.1 Å². The van der Waals surface area contributed by atoms with Crippen molar-refractivity contribution in [2.45, 2.75) is 58.2 Å². The molecule has 3 amide bonds. The van der Waals surface area contributed by atoms with Crippen molar-refractivity contribution in [3.05, 3.63) is 70.2 Å². The van der Waals surface area contributed by atoms with Crippen LogP contribution >= 0.6 is 11.6 Å². The summed E-state index contributed by atoms with van der Waals surface area (Å²) in [5, 5.41) is 9.73. The van der Waals surface area contributed by atoms with Crippen LogP contribution in [0.25, 0.3) is 0 Å². The van der Waals surface area contributed by atoms with E-state index in [1.165, 1.54) is 0 Å². The summed E-state index contributed by atoms with van der Waals surface area (Å²) in [6, 6.07) is 14.8. The Bertz CT molecular complexity index is 1110. The second-order valence-electron chi connectivity index (χ2n) is 10.6. The van der Waals surface area contributed by atoms with Crippen LogP contribution < -0.4 is 5.48 Å². The number of rotatable bonds is 9. The molecule has 9 nitrogen and oxygen atoms in total. The third-order valence-corrected chi connectivity index (χ3v) is 6.77. The molecule has 0 saturated carbocycles. The Labute approximate surface area is 235 Å². The van der Waals surface area contributed by atoms with E-state index in [1.54, 1.807) is 27.4 Å². The number of nitrogens with zero attached hydrogens (tertiary/aromatic N) is 2. The molecule has 0 spiro atoms. The van der Waals surface area contributed by atoms with Crippen LogP contribution in [0.5, 0.6) is 0 Å². The summed E-state index contributed by atoms with van der Waals surface area (Å²) < 4.78 is 11.4. The maximum atomic E-state index is 13.2. The summed E-state index contributed by atoms with van der Waals surface area (Å²) >= 11 is 6.06. The van der Waals surface area contributed by atoms with Gasteiger partial charge in [-0.05, 0) is 69.5 Å². The van der Waals surface area contributed by atoms with Crippen LogP contribution in [-0.2, 0) is 20.7 Å². The number of carbonyl (C=O) groups excluding carboxylic acids is 3. The summed E-state index contributed by atoms with van der Waals surface area (Å²) in [5.74, 6) is -0.863. The van der Waals surface area contributed by atoms with Gasteiger partial charge in [0.1, 0.15) is 5.60 Å². The predicted octanol–water partition coefficient (Wildman–Crippen LogP) is 4.66. The molecule has 1 heterocycles. The fourth-order valence-electron chi connectivity index (χ4n) is 4.57. The van der Waals surface area contributed by atoms with Crippen molar-refractivity contribution < 1.29 is 29.1 Å². The first-order valence-electron chi connectivity index (χ1n) is 13.2. The second-order valence-corrected chi connectivity index (χ2v) is 11.0. The Balaban J connectivity index is 1.74. The van der Waals surface area contributed by atoms with Gasteiger partial charge >= 0.3 is 6.09 Å². The first kappa shape index (κ1) is 30.4. The molecular weight excluding hydrogens is 522 g/mol. The maximum Gasteiger partial charge on any atom is 0.410 e. The molecule has 10 heteroatoms. The number of hydrogen-bond acceptors (Lipinski definition) is 6. The number of hydroxylamine groups is 1. The van der Waals surface area contributed by atoms with Gasteiger partial charge in [0.05, 0.1) is 12.5 Å². The lowest BCUT2D eigenvalue weighted by Gasteiger charge is -2.35. The lowest BCUT2D eigenvalue weighted by Crippen LogP contribution is -2.51. The number of nitrogens with one attached hydrogen (secondary N) is 1. The highest BCUT2D eigenvalue weighted by Gasteiger charge is 2.29. The van der Waals surface area contributed by atoms with Crippen LogP contribution in [0, 0.1) is 0 Å². The number of ether oxygens (including phenoxy) is 2. The molecule has 0 aliphatic carbocycles.